The Morgan fingerprint density at radius 1 is 1.26 bits per heavy atom. The largest absolute Gasteiger partial charge is 0.377 e. The van der Waals surface area contributed by atoms with Gasteiger partial charge in [-0.25, -0.2) is 13.1 Å². The van der Waals surface area contributed by atoms with Crippen molar-refractivity contribution >= 4 is 32.4 Å². The van der Waals surface area contributed by atoms with E-state index >= 15 is 0 Å². The van der Waals surface area contributed by atoms with Crippen molar-refractivity contribution in [1.29, 1.82) is 0 Å². The minimum absolute atomic E-state index is 0.0454. The van der Waals surface area contributed by atoms with E-state index in [2.05, 4.69) is 20.2 Å². The zero-order chi connectivity index (χ0) is 18.9. The predicted molar refractivity (Wildman–Crippen MR) is 100 cm³/mol. The zero-order valence-electron chi connectivity index (χ0n) is 14.6. The van der Waals surface area contributed by atoms with Crippen LogP contribution in [0, 0.1) is 0 Å². The third-order valence-corrected chi connectivity index (χ3v) is 6.94. The SMILES string of the molecule is O=C(Nc1nnc(C2CC2)s1)c1cccc(S(=O)(=O)NC[C@@H]2CCCO2)c1. The van der Waals surface area contributed by atoms with E-state index < -0.39 is 15.9 Å². The number of rotatable bonds is 7. The average Bonchev–Trinajstić information content (AvgIpc) is 3.18. The summed E-state index contributed by atoms with van der Waals surface area (Å²) in [7, 11) is -3.71. The van der Waals surface area contributed by atoms with E-state index in [0.717, 1.165) is 30.7 Å². The molecule has 2 N–H and O–H groups in total. The van der Waals surface area contributed by atoms with E-state index in [4.69, 9.17) is 4.74 Å². The van der Waals surface area contributed by atoms with Gasteiger partial charge in [0, 0.05) is 24.6 Å². The quantitative estimate of drug-likeness (QED) is 0.726. The van der Waals surface area contributed by atoms with E-state index in [-0.39, 0.29) is 23.1 Å². The van der Waals surface area contributed by atoms with E-state index in [1.54, 1.807) is 12.1 Å². The Morgan fingerprint density at radius 2 is 2.11 bits per heavy atom. The van der Waals surface area contributed by atoms with Crippen LogP contribution in [0.15, 0.2) is 29.2 Å². The molecule has 1 saturated heterocycles. The van der Waals surface area contributed by atoms with Crippen LogP contribution in [0.4, 0.5) is 5.13 Å². The Morgan fingerprint density at radius 3 is 2.85 bits per heavy atom. The first-order valence-corrected chi connectivity index (χ1v) is 11.2. The minimum Gasteiger partial charge on any atom is -0.377 e. The number of hydrogen-bond acceptors (Lipinski definition) is 7. The van der Waals surface area contributed by atoms with Crippen molar-refractivity contribution < 1.29 is 17.9 Å². The van der Waals surface area contributed by atoms with Gasteiger partial charge in [-0.2, -0.15) is 0 Å². The number of nitrogens with zero attached hydrogens (tertiary/aromatic N) is 2. The number of benzene rings is 1. The lowest BCUT2D eigenvalue weighted by atomic mass is 10.2. The molecule has 2 aromatic rings. The van der Waals surface area contributed by atoms with Crippen molar-refractivity contribution in [3.05, 3.63) is 34.8 Å². The molecule has 1 amide bonds. The number of aromatic nitrogens is 2. The van der Waals surface area contributed by atoms with Gasteiger partial charge >= 0.3 is 0 Å². The molecule has 144 valence electrons. The molecule has 0 spiro atoms. The highest BCUT2D eigenvalue weighted by atomic mass is 32.2. The Balaban J connectivity index is 1.43. The number of hydrogen-bond donors (Lipinski definition) is 2. The van der Waals surface area contributed by atoms with E-state index in [0.29, 0.717) is 17.7 Å². The maximum atomic E-state index is 12.5. The van der Waals surface area contributed by atoms with Crippen LogP contribution in [0.2, 0.25) is 0 Å². The second kappa shape index (κ2) is 7.63. The molecule has 1 saturated carbocycles. The Kier molecular flexibility index (Phi) is 5.22. The summed E-state index contributed by atoms with van der Waals surface area (Å²) < 4.78 is 33.0. The molecule has 0 bridgehead atoms. The molecule has 8 nitrogen and oxygen atoms in total. The third-order valence-electron chi connectivity index (χ3n) is 4.52. The molecule has 4 rings (SSSR count). The van der Waals surface area contributed by atoms with Crippen molar-refractivity contribution in [3.8, 4) is 0 Å². The lowest BCUT2D eigenvalue weighted by Crippen LogP contribution is -2.32. The monoisotopic (exact) mass is 408 g/mol. The Bertz CT molecular complexity index is 934. The van der Waals surface area contributed by atoms with Gasteiger partial charge in [0.1, 0.15) is 5.01 Å². The molecule has 1 aromatic heterocycles. The van der Waals surface area contributed by atoms with Crippen molar-refractivity contribution in [2.24, 2.45) is 0 Å². The van der Waals surface area contributed by atoms with Gasteiger partial charge in [0.15, 0.2) is 0 Å². The molecule has 1 aromatic carbocycles. The highest BCUT2D eigenvalue weighted by molar-refractivity contribution is 7.89. The molecule has 1 aliphatic carbocycles. The van der Waals surface area contributed by atoms with Crippen LogP contribution < -0.4 is 10.0 Å². The third kappa shape index (κ3) is 4.52. The summed E-state index contributed by atoms with van der Waals surface area (Å²) in [6, 6.07) is 5.93. The van der Waals surface area contributed by atoms with Crippen LogP contribution in [-0.2, 0) is 14.8 Å². The predicted octanol–water partition coefficient (Wildman–Crippen LogP) is 2.13. The lowest BCUT2D eigenvalue weighted by Gasteiger charge is -2.12. The topological polar surface area (TPSA) is 110 Å². The van der Waals surface area contributed by atoms with E-state index in [1.807, 2.05) is 0 Å². The van der Waals surface area contributed by atoms with Crippen LogP contribution in [-0.4, -0.2) is 43.8 Å². The molecule has 0 unspecified atom stereocenters. The smallest absolute Gasteiger partial charge is 0.257 e. The van der Waals surface area contributed by atoms with Crippen LogP contribution in [0.25, 0.3) is 0 Å². The molecule has 27 heavy (non-hydrogen) atoms. The van der Waals surface area contributed by atoms with Gasteiger partial charge < -0.3 is 4.74 Å². The van der Waals surface area contributed by atoms with E-state index in [1.165, 1.54) is 23.5 Å². The van der Waals surface area contributed by atoms with Crippen molar-refractivity contribution in [2.45, 2.75) is 42.6 Å². The number of sulfonamides is 1. The fraction of sp³-hybridized carbons (Fsp3) is 0.471. The van der Waals surface area contributed by atoms with Crippen LogP contribution in [0.3, 0.4) is 0 Å². The van der Waals surface area contributed by atoms with Gasteiger partial charge in [-0.05, 0) is 43.9 Å². The molecule has 0 radical (unpaired) electrons. The highest BCUT2D eigenvalue weighted by Crippen LogP contribution is 2.42. The van der Waals surface area contributed by atoms with E-state index in [9.17, 15) is 13.2 Å². The minimum atomic E-state index is -3.71. The number of amides is 1. The standard InChI is InChI=1S/C17H20N4O4S2/c22-15(19-17-21-20-16(26-17)11-6-7-11)12-3-1-5-14(9-12)27(23,24)18-10-13-4-2-8-25-13/h1,3,5,9,11,13,18H,2,4,6-8,10H2,(H,19,21,22)/t13-/m0/s1. The lowest BCUT2D eigenvalue weighted by molar-refractivity contribution is 0.102. The molecule has 2 heterocycles. The summed E-state index contributed by atoms with van der Waals surface area (Å²) in [5, 5.41) is 12.1. The molecule has 1 aliphatic heterocycles. The number of nitrogens with one attached hydrogen (secondary N) is 2. The molecular formula is C17H20N4O4S2. The summed E-state index contributed by atoms with van der Waals surface area (Å²) in [6.45, 7) is 0.892. The van der Waals surface area contributed by atoms with Crippen molar-refractivity contribution in [2.75, 3.05) is 18.5 Å². The molecular weight excluding hydrogens is 388 g/mol. The van der Waals surface area contributed by atoms with Crippen LogP contribution >= 0.6 is 11.3 Å². The Labute approximate surface area is 161 Å². The fourth-order valence-corrected chi connectivity index (χ4v) is 4.86. The van der Waals surface area contributed by atoms with Gasteiger partial charge in [-0.1, -0.05) is 17.4 Å². The fourth-order valence-electron chi connectivity index (χ4n) is 2.85. The average molecular weight is 409 g/mol. The number of anilines is 1. The summed E-state index contributed by atoms with van der Waals surface area (Å²) in [5.41, 5.74) is 0.248. The summed E-state index contributed by atoms with van der Waals surface area (Å²) in [6.07, 6.45) is 3.92. The van der Waals surface area contributed by atoms with Gasteiger partial charge in [-0.15, -0.1) is 10.2 Å². The molecule has 1 atom stereocenters. The number of carbonyl (C=O) groups is 1. The summed E-state index contributed by atoms with van der Waals surface area (Å²) in [4.78, 5) is 12.5. The highest BCUT2D eigenvalue weighted by Gasteiger charge is 2.28. The summed E-state index contributed by atoms with van der Waals surface area (Å²) >= 11 is 1.36. The first kappa shape index (κ1) is 18.5. The first-order valence-electron chi connectivity index (χ1n) is 8.87. The molecule has 10 heteroatoms. The van der Waals surface area contributed by atoms with Crippen LogP contribution in [0.5, 0.6) is 0 Å². The van der Waals surface area contributed by atoms with Gasteiger partial charge in [0.25, 0.3) is 5.91 Å². The normalized spacial score (nSPS) is 19.9. The maximum Gasteiger partial charge on any atom is 0.257 e. The second-order valence-electron chi connectivity index (χ2n) is 6.69. The van der Waals surface area contributed by atoms with Crippen molar-refractivity contribution in [3.63, 3.8) is 0 Å². The maximum absolute atomic E-state index is 12.5. The molecule has 2 fully saturated rings. The number of ether oxygens (including phenoxy) is 1. The molecule has 2 aliphatic rings. The summed E-state index contributed by atoms with van der Waals surface area (Å²) in [5.74, 6) is 0.0567. The van der Waals surface area contributed by atoms with Crippen molar-refractivity contribution in [1.82, 2.24) is 14.9 Å². The van der Waals surface area contributed by atoms with Gasteiger partial charge in [0.2, 0.25) is 15.2 Å². The first-order chi connectivity index (χ1) is 13.0. The van der Waals surface area contributed by atoms with Gasteiger partial charge in [0.05, 0.1) is 11.0 Å². The second-order valence-corrected chi connectivity index (χ2v) is 9.46. The number of carbonyl (C=O) groups excluding carboxylic acids is 1. The van der Waals surface area contributed by atoms with Gasteiger partial charge in [-0.3, -0.25) is 10.1 Å². The Hall–Kier alpha value is -1.88. The van der Waals surface area contributed by atoms with Crippen LogP contribution in [0.1, 0.15) is 47.0 Å². The zero-order valence-corrected chi connectivity index (χ0v) is 16.2.